The predicted octanol–water partition coefficient (Wildman–Crippen LogP) is 3.19. The van der Waals surface area contributed by atoms with Crippen LogP contribution in [0, 0.1) is 0 Å². The van der Waals surface area contributed by atoms with Crippen LogP contribution >= 0.6 is 11.6 Å². The molecule has 2 rings (SSSR count). The van der Waals surface area contributed by atoms with E-state index in [0.717, 1.165) is 0 Å². The molecule has 0 aromatic heterocycles. The molecule has 0 amide bonds. The van der Waals surface area contributed by atoms with Gasteiger partial charge in [-0.05, 0) is 36.4 Å². The molecule has 0 N–H and O–H groups in total. The lowest BCUT2D eigenvalue weighted by molar-refractivity contribution is 0.598. The summed E-state index contributed by atoms with van der Waals surface area (Å²) in [5.74, 6) is 0. The second-order valence-electron chi connectivity index (χ2n) is 4.12. The highest BCUT2D eigenvalue weighted by molar-refractivity contribution is 8.03. The first kappa shape index (κ1) is 15.0. The zero-order chi connectivity index (χ0) is 14.8. The van der Waals surface area contributed by atoms with Crippen molar-refractivity contribution in [2.75, 3.05) is 6.26 Å². The summed E-state index contributed by atoms with van der Waals surface area (Å²) >= 11 is 5.71. The number of hydrogen-bond donors (Lipinski definition) is 0. The molecule has 2 aromatic carbocycles. The number of hydrogen-bond acceptors (Lipinski definition) is 3. The van der Waals surface area contributed by atoms with E-state index in [2.05, 4.69) is 3.77 Å². The molecule has 0 heterocycles. The Morgan fingerprint density at radius 1 is 0.850 bits per heavy atom. The molecule has 0 saturated heterocycles. The molecule has 7 heteroatoms. The SMILES string of the molecule is C[S@](=O)(=NS(=O)(=O)c1ccc(Cl)cc1)c1ccccc1. The molecule has 2 aromatic rings. The normalized spacial score (nSPS) is 14.5. The van der Waals surface area contributed by atoms with Crippen molar-refractivity contribution in [3.05, 3.63) is 59.6 Å². The van der Waals surface area contributed by atoms with Gasteiger partial charge >= 0.3 is 0 Å². The van der Waals surface area contributed by atoms with Crippen LogP contribution in [0.3, 0.4) is 0 Å². The molecule has 106 valence electrons. The van der Waals surface area contributed by atoms with E-state index in [1.165, 1.54) is 30.5 Å². The summed E-state index contributed by atoms with van der Waals surface area (Å²) in [6.45, 7) is 0. The maximum Gasteiger partial charge on any atom is 0.290 e. The fourth-order valence-electron chi connectivity index (χ4n) is 1.55. The fraction of sp³-hybridized carbons (Fsp3) is 0.0769. The second-order valence-corrected chi connectivity index (χ2v) is 8.65. The van der Waals surface area contributed by atoms with Gasteiger partial charge in [-0.3, -0.25) is 0 Å². The van der Waals surface area contributed by atoms with Gasteiger partial charge in [-0.15, -0.1) is 3.77 Å². The van der Waals surface area contributed by atoms with Crippen LogP contribution in [0.1, 0.15) is 0 Å². The van der Waals surface area contributed by atoms with Gasteiger partial charge < -0.3 is 0 Å². The van der Waals surface area contributed by atoms with Gasteiger partial charge in [-0.1, -0.05) is 29.8 Å². The van der Waals surface area contributed by atoms with Crippen molar-refractivity contribution in [1.29, 1.82) is 0 Å². The molecule has 4 nitrogen and oxygen atoms in total. The number of sulfonamides is 1. The predicted molar refractivity (Wildman–Crippen MR) is 79.8 cm³/mol. The molecule has 0 aliphatic rings. The smallest absolute Gasteiger partial charge is 0.244 e. The van der Waals surface area contributed by atoms with Gasteiger partial charge in [0.2, 0.25) is 0 Å². The summed E-state index contributed by atoms with van der Waals surface area (Å²) in [6.07, 6.45) is 1.30. The third-order valence-electron chi connectivity index (χ3n) is 2.53. The van der Waals surface area contributed by atoms with Crippen LogP contribution in [0.2, 0.25) is 5.02 Å². The lowest BCUT2D eigenvalue weighted by atomic mass is 10.4. The molecule has 1 atom stereocenters. The van der Waals surface area contributed by atoms with E-state index in [9.17, 15) is 12.6 Å². The standard InChI is InChI=1S/C13H12ClNO3S2/c1-19(16,12-5-3-2-4-6-12)15-20(17,18)13-9-7-11(14)8-10-13/h2-10H,1H3/t19-/m1/s1. The zero-order valence-electron chi connectivity index (χ0n) is 10.6. The summed E-state index contributed by atoms with van der Waals surface area (Å²) in [7, 11) is -7.01. The first-order chi connectivity index (χ1) is 9.31. The molecule has 0 aliphatic heterocycles. The summed E-state index contributed by atoms with van der Waals surface area (Å²) < 4.78 is 40.3. The highest BCUT2D eigenvalue weighted by Crippen LogP contribution is 2.20. The summed E-state index contributed by atoms with van der Waals surface area (Å²) in [4.78, 5) is 0.338. The minimum Gasteiger partial charge on any atom is -0.244 e. The molecule has 0 aliphatic carbocycles. The minimum atomic E-state index is -3.99. The van der Waals surface area contributed by atoms with Crippen molar-refractivity contribution in [1.82, 2.24) is 0 Å². The van der Waals surface area contributed by atoms with E-state index in [1.54, 1.807) is 30.3 Å². The molecule has 0 fully saturated rings. The van der Waals surface area contributed by atoms with Gasteiger partial charge in [0.05, 0.1) is 14.6 Å². The van der Waals surface area contributed by atoms with Crippen LogP contribution in [0.25, 0.3) is 0 Å². The van der Waals surface area contributed by atoms with Crippen molar-refractivity contribution in [2.45, 2.75) is 9.79 Å². The Balaban J connectivity index is 2.53. The van der Waals surface area contributed by atoms with Crippen LogP contribution in [-0.4, -0.2) is 18.9 Å². The van der Waals surface area contributed by atoms with Crippen molar-refractivity contribution < 1.29 is 12.6 Å². The third-order valence-corrected chi connectivity index (χ3v) is 6.72. The van der Waals surface area contributed by atoms with E-state index < -0.39 is 19.8 Å². The summed E-state index contributed by atoms with van der Waals surface area (Å²) in [6, 6.07) is 13.9. The molecule has 20 heavy (non-hydrogen) atoms. The van der Waals surface area contributed by atoms with Gasteiger partial charge in [0.25, 0.3) is 10.0 Å². The largest absolute Gasteiger partial charge is 0.290 e. The van der Waals surface area contributed by atoms with E-state index in [1.807, 2.05) is 0 Å². The van der Waals surface area contributed by atoms with Gasteiger partial charge in [0.1, 0.15) is 0 Å². The lowest BCUT2D eigenvalue weighted by Crippen LogP contribution is -2.04. The zero-order valence-corrected chi connectivity index (χ0v) is 13.0. The Hall–Kier alpha value is -1.37. The van der Waals surface area contributed by atoms with Crippen LogP contribution < -0.4 is 0 Å². The first-order valence-electron chi connectivity index (χ1n) is 5.60. The van der Waals surface area contributed by atoms with Crippen molar-refractivity contribution in [3.8, 4) is 0 Å². The van der Waals surface area contributed by atoms with Crippen molar-refractivity contribution in [2.24, 2.45) is 3.77 Å². The highest BCUT2D eigenvalue weighted by atomic mass is 35.5. The summed E-state index contributed by atoms with van der Waals surface area (Å²) in [5, 5.41) is 0.421. The van der Waals surface area contributed by atoms with E-state index in [0.29, 0.717) is 9.92 Å². The monoisotopic (exact) mass is 329 g/mol. The van der Waals surface area contributed by atoms with Crippen LogP contribution in [-0.2, 0) is 19.8 Å². The average molecular weight is 330 g/mol. The molecule has 0 unspecified atom stereocenters. The number of halogens is 1. The maximum absolute atomic E-state index is 12.5. The van der Waals surface area contributed by atoms with Crippen molar-refractivity contribution >= 4 is 31.4 Å². The number of benzene rings is 2. The molecule has 0 bridgehead atoms. The van der Waals surface area contributed by atoms with Gasteiger partial charge in [-0.25, -0.2) is 4.21 Å². The van der Waals surface area contributed by atoms with Gasteiger partial charge in [0, 0.05) is 16.2 Å². The van der Waals surface area contributed by atoms with Gasteiger partial charge in [-0.2, -0.15) is 8.42 Å². The van der Waals surface area contributed by atoms with Crippen LogP contribution in [0.5, 0.6) is 0 Å². The van der Waals surface area contributed by atoms with E-state index in [4.69, 9.17) is 11.6 Å². The molecular weight excluding hydrogens is 318 g/mol. The molecular formula is C13H12ClNO3S2. The maximum atomic E-state index is 12.5. The molecule has 0 radical (unpaired) electrons. The highest BCUT2D eigenvalue weighted by Gasteiger charge is 2.17. The van der Waals surface area contributed by atoms with Gasteiger partial charge in [0.15, 0.2) is 0 Å². The Bertz CT molecular complexity index is 822. The Kier molecular flexibility index (Phi) is 4.17. The minimum absolute atomic E-state index is 0.0348. The van der Waals surface area contributed by atoms with E-state index >= 15 is 0 Å². The average Bonchev–Trinajstić information content (AvgIpc) is 2.39. The fourth-order valence-corrected chi connectivity index (χ4v) is 5.01. The lowest BCUT2D eigenvalue weighted by Gasteiger charge is -2.05. The van der Waals surface area contributed by atoms with Crippen LogP contribution in [0.4, 0.5) is 0 Å². The molecule has 0 saturated carbocycles. The Morgan fingerprint density at radius 2 is 1.40 bits per heavy atom. The second kappa shape index (κ2) is 5.55. The number of nitrogens with zero attached hydrogens (tertiary/aromatic N) is 1. The van der Waals surface area contributed by atoms with E-state index in [-0.39, 0.29) is 4.90 Å². The topological polar surface area (TPSA) is 63.6 Å². The molecule has 0 spiro atoms. The number of rotatable bonds is 3. The quantitative estimate of drug-likeness (QED) is 0.868. The first-order valence-corrected chi connectivity index (χ1v) is 9.34. The Morgan fingerprint density at radius 3 is 1.95 bits per heavy atom. The van der Waals surface area contributed by atoms with Crippen molar-refractivity contribution in [3.63, 3.8) is 0 Å². The Labute approximate surface area is 123 Å². The third kappa shape index (κ3) is 3.39. The van der Waals surface area contributed by atoms with Crippen LogP contribution in [0.15, 0.2) is 68.2 Å². The summed E-state index contributed by atoms with van der Waals surface area (Å²) in [5.41, 5.74) is 0.